The van der Waals surface area contributed by atoms with Gasteiger partial charge in [0.05, 0.1) is 12.3 Å². The van der Waals surface area contributed by atoms with Gasteiger partial charge in [0, 0.05) is 35.3 Å². The molecule has 0 spiro atoms. The number of nitrogens with zero attached hydrogens (tertiary/aromatic N) is 3. The van der Waals surface area contributed by atoms with Gasteiger partial charge in [-0.25, -0.2) is 17.7 Å². The SMILES string of the molecule is O=C(Cn1ccn2nc(-c3ccc(F)cc3)c(CO)c2c1=O)Nc1cc(F)cc(F)c1. The Hall–Kier alpha value is -3.92. The average molecular weight is 428 g/mol. The van der Waals surface area contributed by atoms with Crippen molar-refractivity contribution >= 4 is 17.1 Å². The molecule has 2 aromatic carbocycles. The molecule has 0 bridgehead atoms. The van der Waals surface area contributed by atoms with E-state index >= 15 is 0 Å². The molecule has 0 atom stereocenters. The molecule has 2 aromatic heterocycles. The van der Waals surface area contributed by atoms with Crippen LogP contribution >= 0.6 is 0 Å². The Labute approximate surface area is 173 Å². The van der Waals surface area contributed by atoms with Crippen molar-refractivity contribution in [3.05, 3.63) is 88.2 Å². The minimum absolute atomic E-state index is 0.0499. The average Bonchev–Trinajstić information content (AvgIpc) is 3.09. The van der Waals surface area contributed by atoms with Crippen LogP contribution in [-0.2, 0) is 17.9 Å². The van der Waals surface area contributed by atoms with Crippen molar-refractivity contribution in [2.24, 2.45) is 0 Å². The highest BCUT2D eigenvalue weighted by atomic mass is 19.1. The lowest BCUT2D eigenvalue weighted by Gasteiger charge is -2.08. The number of benzene rings is 2. The van der Waals surface area contributed by atoms with E-state index in [0.717, 1.165) is 16.7 Å². The van der Waals surface area contributed by atoms with E-state index in [1.54, 1.807) is 0 Å². The zero-order chi connectivity index (χ0) is 22.1. The van der Waals surface area contributed by atoms with E-state index < -0.39 is 42.1 Å². The summed E-state index contributed by atoms with van der Waals surface area (Å²) in [6.07, 6.45) is 2.75. The zero-order valence-electron chi connectivity index (χ0n) is 15.8. The third-order valence-electron chi connectivity index (χ3n) is 4.60. The number of carbonyl (C=O) groups excluding carboxylic acids is 1. The van der Waals surface area contributed by atoms with Gasteiger partial charge in [0.1, 0.15) is 29.5 Å². The molecular weight excluding hydrogens is 413 g/mol. The second-order valence-corrected chi connectivity index (χ2v) is 6.72. The van der Waals surface area contributed by atoms with Crippen LogP contribution in [0.15, 0.2) is 59.7 Å². The molecule has 31 heavy (non-hydrogen) atoms. The van der Waals surface area contributed by atoms with Crippen LogP contribution in [0.1, 0.15) is 5.56 Å². The molecule has 0 saturated heterocycles. The molecule has 0 saturated carbocycles. The van der Waals surface area contributed by atoms with Crippen molar-refractivity contribution in [2.75, 3.05) is 5.32 Å². The Morgan fingerprint density at radius 3 is 2.32 bits per heavy atom. The van der Waals surface area contributed by atoms with Crippen LogP contribution in [-0.4, -0.2) is 25.2 Å². The number of hydrogen-bond donors (Lipinski definition) is 2. The second kappa shape index (κ2) is 8.07. The Morgan fingerprint density at radius 2 is 1.68 bits per heavy atom. The molecular formula is C21H15F3N4O3. The minimum atomic E-state index is -0.853. The maximum absolute atomic E-state index is 13.3. The van der Waals surface area contributed by atoms with Gasteiger partial charge in [-0.3, -0.25) is 9.59 Å². The highest BCUT2D eigenvalue weighted by Crippen LogP contribution is 2.25. The van der Waals surface area contributed by atoms with E-state index in [1.165, 1.54) is 41.2 Å². The number of aliphatic hydroxyl groups is 1. The Balaban J connectivity index is 1.68. The van der Waals surface area contributed by atoms with E-state index in [0.29, 0.717) is 17.3 Å². The lowest BCUT2D eigenvalue weighted by atomic mass is 10.1. The molecule has 2 N–H and O–H groups in total. The predicted octanol–water partition coefficient (Wildman–Crippen LogP) is 2.71. The highest BCUT2D eigenvalue weighted by molar-refractivity contribution is 5.90. The van der Waals surface area contributed by atoms with Gasteiger partial charge in [-0.2, -0.15) is 5.10 Å². The molecule has 0 radical (unpaired) electrons. The number of aliphatic hydroxyl groups excluding tert-OH is 1. The first kappa shape index (κ1) is 20.4. The monoisotopic (exact) mass is 428 g/mol. The quantitative estimate of drug-likeness (QED) is 0.512. The molecule has 0 aliphatic carbocycles. The first-order valence-corrected chi connectivity index (χ1v) is 9.09. The second-order valence-electron chi connectivity index (χ2n) is 6.72. The molecule has 1 amide bonds. The normalized spacial score (nSPS) is 11.1. The smallest absolute Gasteiger partial charge is 0.277 e. The molecule has 2 heterocycles. The van der Waals surface area contributed by atoms with Crippen molar-refractivity contribution in [2.45, 2.75) is 13.2 Å². The van der Waals surface area contributed by atoms with Crippen LogP contribution in [0.25, 0.3) is 16.8 Å². The molecule has 0 unspecified atom stereocenters. The summed E-state index contributed by atoms with van der Waals surface area (Å²) in [4.78, 5) is 25.2. The largest absolute Gasteiger partial charge is 0.392 e. The summed E-state index contributed by atoms with van der Waals surface area (Å²) in [7, 11) is 0. The number of fused-ring (bicyclic) bond motifs is 1. The van der Waals surface area contributed by atoms with E-state index in [9.17, 15) is 27.9 Å². The van der Waals surface area contributed by atoms with Gasteiger partial charge in [0.15, 0.2) is 0 Å². The van der Waals surface area contributed by atoms with Crippen LogP contribution in [0.4, 0.5) is 18.9 Å². The van der Waals surface area contributed by atoms with Gasteiger partial charge in [-0.1, -0.05) is 0 Å². The van der Waals surface area contributed by atoms with Crippen LogP contribution < -0.4 is 10.9 Å². The molecule has 0 fully saturated rings. The molecule has 10 heteroatoms. The predicted molar refractivity (Wildman–Crippen MR) is 106 cm³/mol. The number of carbonyl (C=O) groups is 1. The van der Waals surface area contributed by atoms with Gasteiger partial charge in [-0.05, 0) is 36.4 Å². The number of halogens is 3. The summed E-state index contributed by atoms with van der Waals surface area (Å²) in [5.41, 5.74) is 0.388. The van der Waals surface area contributed by atoms with E-state index in [1.807, 2.05) is 0 Å². The maximum Gasteiger partial charge on any atom is 0.277 e. The molecule has 0 aliphatic heterocycles. The van der Waals surface area contributed by atoms with Crippen LogP contribution in [0, 0.1) is 17.5 Å². The van der Waals surface area contributed by atoms with Crippen molar-refractivity contribution in [1.82, 2.24) is 14.2 Å². The number of anilines is 1. The number of hydrogen-bond acceptors (Lipinski definition) is 4. The van der Waals surface area contributed by atoms with Crippen molar-refractivity contribution in [1.29, 1.82) is 0 Å². The zero-order valence-corrected chi connectivity index (χ0v) is 15.8. The highest BCUT2D eigenvalue weighted by Gasteiger charge is 2.18. The molecule has 4 rings (SSSR count). The van der Waals surface area contributed by atoms with Crippen LogP contribution in [0.5, 0.6) is 0 Å². The summed E-state index contributed by atoms with van der Waals surface area (Å²) in [5, 5.41) is 16.5. The third kappa shape index (κ3) is 4.05. The van der Waals surface area contributed by atoms with Gasteiger partial charge in [-0.15, -0.1) is 0 Å². The standard InChI is InChI=1S/C21H15F3N4O3/c22-13-3-1-12(2-4-13)19-17(11-29)20-21(31)27(5-6-28(20)26-19)10-18(30)25-16-8-14(23)7-15(24)9-16/h1-9,29H,10-11H2,(H,25,30). The summed E-state index contributed by atoms with van der Waals surface area (Å²) in [5.74, 6) is -2.83. The summed E-state index contributed by atoms with van der Waals surface area (Å²) < 4.78 is 42.1. The summed E-state index contributed by atoms with van der Waals surface area (Å²) in [6, 6.07) is 7.98. The summed E-state index contributed by atoms with van der Waals surface area (Å²) in [6.45, 7) is -0.945. The van der Waals surface area contributed by atoms with E-state index in [2.05, 4.69) is 10.4 Å². The Kier molecular flexibility index (Phi) is 5.30. The first-order valence-electron chi connectivity index (χ1n) is 9.09. The van der Waals surface area contributed by atoms with Crippen LogP contribution in [0.2, 0.25) is 0 Å². The third-order valence-corrected chi connectivity index (χ3v) is 4.60. The number of amides is 1. The van der Waals surface area contributed by atoms with Gasteiger partial charge >= 0.3 is 0 Å². The van der Waals surface area contributed by atoms with E-state index in [4.69, 9.17) is 0 Å². The van der Waals surface area contributed by atoms with Crippen molar-refractivity contribution in [3.8, 4) is 11.3 Å². The lowest BCUT2D eigenvalue weighted by Crippen LogP contribution is -2.28. The van der Waals surface area contributed by atoms with Crippen molar-refractivity contribution < 1.29 is 23.1 Å². The lowest BCUT2D eigenvalue weighted by molar-refractivity contribution is -0.116. The molecule has 7 nitrogen and oxygen atoms in total. The minimum Gasteiger partial charge on any atom is -0.392 e. The van der Waals surface area contributed by atoms with E-state index in [-0.39, 0.29) is 16.8 Å². The molecule has 4 aromatic rings. The fraction of sp³-hybridized carbons (Fsp3) is 0.0952. The Bertz CT molecular complexity index is 1330. The first-order chi connectivity index (χ1) is 14.9. The van der Waals surface area contributed by atoms with Gasteiger partial charge in [0.25, 0.3) is 5.56 Å². The number of aromatic nitrogens is 3. The Morgan fingerprint density at radius 1 is 1.00 bits per heavy atom. The topological polar surface area (TPSA) is 88.6 Å². The molecule has 0 aliphatic rings. The molecule has 158 valence electrons. The maximum atomic E-state index is 13.3. The van der Waals surface area contributed by atoms with Crippen LogP contribution in [0.3, 0.4) is 0 Å². The fourth-order valence-electron chi connectivity index (χ4n) is 3.25. The van der Waals surface area contributed by atoms with Gasteiger partial charge < -0.3 is 15.0 Å². The summed E-state index contributed by atoms with van der Waals surface area (Å²) >= 11 is 0. The number of nitrogens with one attached hydrogen (secondary N) is 1. The fourth-order valence-corrected chi connectivity index (χ4v) is 3.25. The number of rotatable bonds is 5. The van der Waals surface area contributed by atoms with Gasteiger partial charge in [0.2, 0.25) is 5.91 Å². The van der Waals surface area contributed by atoms with Crippen molar-refractivity contribution in [3.63, 3.8) is 0 Å².